The monoisotopic (exact) mass is 366 g/mol. The van der Waals surface area contributed by atoms with Crippen molar-refractivity contribution in [3.8, 4) is 17.2 Å². The largest absolute Gasteiger partial charge is 0.497 e. The number of benzene rings is 2. The topological polar surface area (TPSA) is 78.3 Å². The van der Waals surface area contributed by atoms with Crippen molar-refractivity contribution in [3.05, 3.63) is 60.4 Å². The molecule has 1 aromatic heterocycles. The summed E-state index contributed by atoms with van der Waals surface area (Å²) < 4.78 is 12.7. The fraction of sp³-hybridized carbons (Fsp3) is 0.250. The normalized spacial score (nSPS) is 11.7. The third-order valence-electron chi connectivity index (χ3n) is 4.10. The molecule has 0 radical (unpaired) electrons. The smallest absolute Gasteiger partial charge is 0.265 e. The Kier molecular flexibility index (Phi) is 5.71. The molecule has 0 spiro atoms. The van der Waals surface area contributed by atoms with E-state index in [-0.39, 0.29) is 5.91 Å². The first-order valence-corrected chi connectivity index (χ1v) is 8.70. The second-order valence-corrected chi connectivity index (χ2v) is 6.01. The maximum atomic E-state index is 12.6. The molecule has 0 aliphatic rings. The lowest BCUT2D eigenvalue weighted by Crippen LogP contribution is -2.32. The Morgan fingerprint density at radius 3 is 2.33 bits per heavy atom. The lowest BCUT2D eigenvalue weighted by Gasteiger charge is -2.17. The van der Waals surface area contributed by atoms with Crippen LogP contribution in [0.15, 0.2) is 54.7 Å². The van der Waals surface area contributed by atoms with Gasteiger partial charge in [-0.15, -0.1) is 5.10 Å². The van der Waals surface area contributed by atoms with E-state index < -0.39 is 6.10 Å². The molecule has 7 nitrogen and oxygen atoms in total. The van der Waals surface area contributed by atoms with Gasteiger partial charge in [0.1, 0.15) is 11.5 Å². The van der Waals surface area contributed by atoms with Crippen LogP contribution in [0.25, 0.3) is 5.69 Å². The van der Waals surface area contributed by atoms with Crippen LogP contribution in [-0.4, -0.2) is 34.1 Å². The Morgan fingerprint density at radius 2 is 1.78 bits per heavy atom. The minimum atomic E-state index is -0.587. The van der Waals surface area contributed by atoms with Gasteiger partial charge in [-0.3, -0.25) is 4.79 Å². The Bertz CT molecular complexity index is 888. The van der Waals surface area contributed by atoms with Gasteiger partial charge in [-0.2, -0.15) is 0 Å². The highest BCUT2D eigenvalue weighted by Gasteiger charge is 2.18. The van der Waals surface area contributed by atoms with Crippen LogP contribution < -0.4 is 14.8 Å². The average Bonchev–Trinajstić information content (AvgIpc) is 3.13. The number of methoxy groups -OCH3 is 1. The van der Waals surface area contributed by atoms with Crippen molar-refractivity contribution in [1.29, 1.82) is 0 Å². The van der Waals surface area contributed by atoms with E-state index in [1.807, 2.05) is 38.1 Å². The van der Waals surface area contributed by atoms with Gasteiger partial charge in [0.25, 0.3) is 5.91 Å². The minimum absolute atomic E-state index is 0.196. The summed E-state index contributed by atoms with van der Waals surface area (Å²) in [6.07, 6.45) is 1.65. The van der Waals surface area contributed by atoms with Crippen molar-refractivity contribution in [2.45, 2.75) is 26.4 Å². The summed E-state index contributed by atoms with van der Waals surface area (Å²) in [5, 5.41) is 10.8. The van der Waals surface area contributed by atoms with Crippen LogP contribution in [0.1, 0.15) is 19.0 Å². The quantitative estimate of drug-likeness (QED) is 0.693. The number of carbonyl (C=O) groups is 1. The van der Waals surface area contributed by atoms with Crippen molar-refractivity contribution in [3.63, 3.8) is 0 Å². The number of aromatic nitrogens is 3. The molecular weight excluding hydrogens is 344 g/mol. The van der Waals surface area contributed by atoms with E-state index >= 15 is 0 Å². The van der Waals surface area contributed by atoms with Gasteiger partial charge in [-0.05, 0) is 61.9 Å². The molecule has 3 aromatic rings. The molecule has 7 heteroatoms. The van der Waals surface area contributed by atoms with Crippen LogP contribution in [0.3, 0.4) is 0 Å². The van der Waals surface area contributed by atoms with E-state index in [4.69, 9.17) is 9.47 Å². The number of carbonyl (C=O) groups excluding carboxylic acids is 1. The Hall–Kier alpha value is -3.35. The first kappa shape index (κ1) is 18.4. The molecule has 0 saturated carbocycles. The highest BCUT2D eigenvalue weighted by atomic mass is 16.5. The zero-order chi connectivity index (χ0) is 19.2. The molecule has 1 unspecified atom stereocenters. The summed E-state index contributed by atoms with van der Waals surface area (Å²) in [6, 6.07) is 14.6. The van der Waals surface area contributed by atoms with Crippen LogP contribution in [0.2, 0.25) is 0 Å². The lowest BCUT2D eigenvalue weighted by molar-refractivity contribution is -0.122. The van der Waals surface area contributed by atoms with Crippen molar-refractivity contribution >= 4 is 11.6 Å². The maximum Gasteiger partial charge on any atom is 0.265 e. The molecule has 1 atom stereocenters. The first-order chi connectivity index (χ1) is 13.1. The van der Waals surface area contributed by atoms with Gasteiger partial charge >= 0.3 is 0 Å². The van der Waals surface area contributed by atoms with E-state index in [0.29, 0.717) is 17.9 Å². The maximum absolute atomic E-state index is 12.6. The number of aryl methyl sites for hydroxylation is 1. The summed E-state index contributed by atoms with van der Waals surface area (Å²) in [7, 11) is 1.60. The molecule has 1 N–H and O–H groups in total. The van der Waals surface area contributed by atoms with E-state index in [1.165, 1.54) is 0 Å². The van der Waals surface area contributed by atoms with Crippen LogP contribution in [0, 0.1) is 6.92 Å². The number of amides is 1. The fourth-order valence-corrected chi connectivity index (χ4v) is 2.59. The second kappa shape index (κ2) is 8.35. The number of rotatable bonds is 7. The van der Waals surface area contributed by atoms with Crippen LogP contribution >= 0.6 is 0 Å². The van der Waals surface area contributed by atoms with E-state index in [2.05, 4.69) is 15.6 Å². The van der Waals surface area contributed by atoms with E-state index in [1.54, 1.807) is 42.3 Å². The average molecular weight is 366 g/mol. The Labute approximate surface area is 157 Å². The first-order valence-electron chi connectivity index (χ1n) is 8.70. The number of hydrogen-bond acceptors (Lipinski definition) is 5. The van der Waals surface area contributed by atoms with Gasteiger partial charge in [-0.1, -0.05) is 12.1 Å². The van der Waals surface area contributed by atoms with Gasteiger partial charge < -0.3 is 14.8 Å². The Morgan fingerprint density at radius 1 is 1.11 bits per heavy atom. The summed E-state index contributed by atoms with van der Waals surface area (Å²) >= 11 is 0. The minimum Gasteiger partial charge on any atom is -0.497 e. The molecule has 3 rings (SSSR count). The molecule has 0 aliphatic heterocycles. The van der Waals surface area contributed by atoms with Crippen molar-refractivity contribution in [2.24, 2.45) is 0 Å². The highest BCUT2D eigenvalue weighted by Crippen LogP contribution is 2.20. The van der Waals surface area contributed by atoms with Gasteiger partial charge in [0.2, 0.25) is 0 Å². The molecule has 1 heterocycles. The highest BCUT2D eigenvalue weighted by molar-refractivity contribution is 5.94. The summed E-state index contributed by atoms with van der Waals surface area (Å²) in [5.41, 5.74) is 2.51. The fourth-order valence-electron chi connectivity index (χ4n) is 2.59. The lowest BCUT2D eigenvalue weighted by atomic mass is 10.2. The van der Waals surface area contributed by atoms with Crippen molar-refractivity contribution in [1.82, 2.24) is 15.0 Å². The number of anilines is 1. The summed E-state index contributed by atoms with van der Waals surface area (Å²) in [4.78, 5) is 12.6. The predicted octanol–water partition coefficient (Wildman–Crippen LogP) is 3.38. The molecule has 0 bridgehead atoms. The molecule has 0 fully saturated rings. The molecule has 27 heavy (non-hydrogen) atoms. The number of ether oxygens (including phenoxy) is 2. The molecule has 2 aromatic carbocycles. The van der Waals surface area contributed by atoms with Gasteiger partial charge in [-0.25, -0.2) is 4.68 Å². The summed E-state index contributed by atoms with van der Waals surface area (Å²) in [5.74, 6) is 1.16. The van der Waals surface area contributed by atoms with Crippen LogP contribution in [0.5, 0.6) is 11.5 Å². The van der Waals surface area contributed by atoms with Crippen LogP contribution in [-0.2, 0) is 4.79 Å². The Balaban J connectivity index is 1.64. The summed E-state index contributed by atoms with van der Waals surface area (Å²) in [6.45, 7) is 3.84. The zero-order valence-electron chi connectivity index (χ0n) is 15.5. The number of nitrogens with zero attached hydrogens (tertiary/aromatic N) is 3. The molecule has 140 valence electrons. The molecule has 0 saturated heterocycles. The molecule has 1 amide bonds. The second-order valence-electron chi connectivity index (χ2n) is 6.01. The molecule has 0 aliphatic carbocycles. The molecular formula is C20H22N4O3. The van der Waals surface area contributed by atoms with Crippen molar-refractivity contribution < 1.29 is 14.3 Å². The van der Waals surface area contributed by atoms with Crippen molar-refractivity contribution in [2.75, 3.05) is 12.4 Å². The van der Waals surface area contributed by atoms with E-state index in [9.17, 15) is 4.79 Å². The number of hydrogen-bond donors (Lipinski definition) is 1. The zero-order valence-corrected chi connectivity index (χ0v) is 15.5. The van der Waals surface area contributed by atoms with Gasteiger partial charge in [0.15, 0.2) is 6.10 Å². The van der Waals surface area contributed by atoms with Gasteiger partial charge in [0, 0.05) is 5.69 Å². The SMILES string of the molecule is CCC(Oc1ccc(OC)cc1)C(=O)Nc1ccc(-n2nncc2C)cc1. The number of nitrogens with one attached hydrogen (secondary N) is 1. The van der Waals surface area contributed by atoms with Gasteiger partial charge in [0.05, 0.1) is 24.7 Å². The third kappa shape index (κ3) is 4.44. The van der Waals surface area contributed by atoms with E-state index in [0.717, 1.165) is 17.1 Å². The predicted molar refractivity (Wildman–Crippen MR) is 102 cm³/mol. The van der Waals surface area contributed by atoms with Crippen LogP contribution in [0.4, 0.5) is 5.69 Å². The third-order valence-corrected chi connectivity index (χ3v) is 4.10. The standard InChI is InChI=1S/C20H22N4O3/c1-4-19(27-18-11-9-17(26-3)10-12-18)20(25)22-15-5-7-16(8-6-15)24-14(2)13-21-23-24/h5-13,19H,4H2,1-3H3,(H,22,25).